The Hall–Kier alpha value is -3.60. The van der Waals surface area contributed by atoms with Crippen molar-refractivity contribution in [1.82, 2.24) is 5.32 Å². The molecule has 2 aliphatic carbocycles. The average molecular weight is 480 g/mol. The van der Waals surface area contributed by atoms with Gasteiger partial charge in [-0.2, -0.15) is 0 Å². The van der Waals surface area contributed by atoms with Crippen molar-refractivity contribution in [3.8, 4) is 0 Å². The van der Waals surface area contributed by atoms with Crippen LogP contribution in [-0.2, 0) is 0 Å². The van der Waals surface area contributed by atoms with Crippen LogP contribution in [0.3, 0.4) is 0 Å². The van der Waals surface area contributed by atoms with Crippen molar-refractivity contribution in [1.29, 1.82) is 0 Å². The largest absolute Gasteiger partial charge is 0.378 e. The molecule has 0 radical (unpaired) electrons. The first-order valence-electron chi connectivity index (χ1n) is 13.2. The molecule has 2 fully saturated rings. The van der Waals surface area contributed by atoms with Gasteiger partial charge >= 0.3 is 0 Å². The molecule has 1 aliphatic heterocycles. The monoisotopic (exact) mass is 479 g/mol. The molecule has 3 aromatic carbocycles. The molecule has 5 heteroatoms. The van der Waals surface area contributed by atoms with Crippen LogP contribution in [0.25, 0.3) is 0 Å². The zero-order valence-electron chi connectivity index (χ0n) is 20.8. The van der Waals surface area contributed by atoms with Gasteiger partial charge in [-0.3, -0.25) is 9.59 Å². The maximum absolute atomic E-state index is 13.4. The van der Waals surface area contributed by atoms with Gasteiger partial charge in [-0.25, -0.2) is 0 Å². The van der Waals surface area contributed by atoms with E-state index in [0.717, 1.165) is 11.6 Å². The standard InChI is InChI=1S/C31H33N3O2/c1-18(2)32-31(36)23-10-6-7-11-25(23)34-30(35)22-14-15-26-24(17-22)27-20-12-13-21(16-20)28(27)29(33-26)19-8-4-3-5-9-19/h3-11,14-15,17-18,20-21,27-29,33H,12-13,16H2,1-2H3,(H,32,36)(H,34,35)/t20-,21-,27-,28-,29-/m0/s1. The third-order valence-electron chi connectivity index (χ3n) is 8.35. The normalized spacial score (nSPS) is 25.6. The number of rotatable bonds is 5. The quantitative estimate of drug-likeness (QED) is 0.398. The highest BCUT2D eigenvalue weighted by atomic mass is 16.2. The lowest BCUT2D eigenvalue weighted by atomic mass is 9.68. The maximum atomic E-state index is 13.4. The minimum absolute atomic E-state index is 0.0174. The van der Waals surface area contributed by atoms with Gasteiger partial charge in [-0.1, -0.05) is 42.5 Å². The number of benzene rings is 3. The van der Waals surface area contributed by atoms with Crippen molar-refractivity contribution in [3.63, 3.8) is 0 Å². The average Bonchev–Trinajstić information content (AvgIpc) is 3.51. The molecule has 2 amide bonds. The van der Waals surface area contributed by atoms with E-state index < -0.39 is 0 Å². The minimum Gasteiger partial charge on any atom is -0.378 e. The first kappa shape index (κ1) is 22.8. The fourth-order valence-corrected chi connectivity index (χ4v) is 6.94. The lowest BCUT2D eigenvalue weighted by Crippen LogP contribution is -2.35. The van der Waals surface area contributed by atoms with Crippen LogP contribution in [0.15, 0.2) is 72.8 Å². The molecule has 2 bridgehead atoms. The lowest BCUT2D eigenvalue weighted by molar-refractivity contribution is 0.0944. The van der Waals surface area contributed by atoms with Gasteiger partial charge in [0.25, 0.3) is 11.8 Å². The second-order valence-electron chi connectivity index (χ2n) is 10.9. The van der Waals surface area contributed by atoms with E-state index in [2.05, 4.69) is 58.4 Å². The Morgan fingerprint density at radius 2 is 1.64 bits per heavy atom. The summed E-state index contributed by atoms with van der Waals surface area (Å²) in [5, 5.41) is 9.75. The third-order valence-corrected chi connectivity index (χ3v) is 8.35. The summed E-state index contributed by atoms with van der Waals surface area (Å²) in [5.41, 5.74) is 5.40. The highest BCUT2D eigenvalue weighted by Gasteiger charge is 2.53. The summed E-state index contributed by atoms with van der Waals surface area (Å²) in [5.74, 6) is 2.07. The molecule has 5 atom stereocenters. The summed E-state index contributed by atoms with van der Waals surface area (Å²) in [6.45, 7) is 3.84. The molecule has 3 aliphatic rings. The molecule has 3 aromatic rings. The zero-order chi connectivity index (χ0) is 24.8. The van der Waals surface area contributed by atoms with Crippen molar-refractivity contribution in [2.24, 2.45) is 17.8 Å². The van der Waals surface area contributed by atoms with E-state index >= 15 is 0 Å². The van der Waals surface area contributed by atoms with E-state index in [1.165, 1.54) is 30.4 Å². The summed E-state index contributed by atoms with van der Waals surface area (Å²) < 4.78 is 0. The smallest absolute Gasteiger partial charge is 0.255 e. The Balaban J connectivity index is 1.30. The van der Waals surface area contributed by atoms with Crippen molar-refractivity contribution >= 4 is 23.2 Å². The van der Waals surface area contributed by atoms with Gasteiger partial charge in [-0.15, -0.1) is 0 Å². The summed E-state index contributed by atoms with van der Waals surface area (Å²) in [7, 11) is 0. The molecule has 6 rings (SSSR count). The molecular formula is C31H33N3O2. The summed E-state index contributed by atoms with van der Waals surface area (Å²) in [4.78, 5) is 26.0. The van der Waals surface area contributed by atoms with Crippen molar-refractivity contribution in [2.75, 3.05) is 10.6 Å². The van der Waals surface area contributed by atoms with Gasteiger partial charge in [0, 0.05) is 17.3 Å². The first-order chi connectivity index (χ1) is 17.5. The minimum atomic E-state index is -0.188. The van der Waals surface area contributed by atoms with Crippen molar-refractivity contribution < 1.29 is 9.59 Å². The number of nitrogens with one attached hydrogen (secondary N) is 3. The van der Waals surface area contributed by atoms with Crippen LogP contribution in [0.5, 0.6) is 0 Å². The van der Waals surface area contributed by atoms with Crippen molar-refractivity contribution in [3.05, 3.63) is 95.1 Å². The van der Waals surface area contributed by atoms with Gasteiger partial charge in [0.2, 0.25) is 0 Å². The number of carbonyl (C=O) groups excluding carboxylic acids is 2. The Kier molecular flexibility index (Phi) is 5.79. The predicted molar refractivity (Wildman–Crippen MR) is 143 cm³/mol. The van der Waals surface area contributed by atoms with E-state index in [9.17, 15) is 9.59 Å². The fourth-order valence-electron chi connectivity index (χ4n) is 6.94. The van der Waals surface area contributed by atoms with Crippen LogP contribution in [0.2, 0.25) is 0 Å². The maximum Gasteiger partial charge on any atom is 0.255 e. The fraction of sp³-hybridized carbons (Fsp3) is 0.355. The highest BCUT2D eigenvalue weighted by Crippen LogP contribution is 2.63. The molecule has 2 saturated carbocycles. The molecule has 1 heterocycles. The number of amides is 2. The molecule has 36 heavy (non-hydrogen) atoms. The molecule has 184 valence electrons. The second kappa shape index (κ2) is 9.12. The van der Waals surface area contributed by atoms with E-state index in [-0.39, 0.29) is 17.9 Å². The number of fused-ring (bicyclic) bond motifs is 7. The Bertz CT molecular complexity index is 1300. The summed E-state index contributed by atoms with van der Waals surface area (Å²) in [6, 6.07) is 24.4. The molecule has 5 nitrogen and oxygen atoms in total. The predicted octanol–water partition coefficient (Wildman–Crippen LogP) is 6.37. The third kappa shape index (κ3) is 3.97. The summed E-state index contributed by atoms with van der Waals surface area (Å²) >= 11 is 0. The van der Waals surface area contributed by atoms with Crippen LogP contribution in [0.4, 0.5) is 11.4 Å². The van der Waals surface area contributed by atoms with Gasteiger partial charge in [0.05, 0.1) is 17.3 Å². The highest BCUT2D eigenvalue weighted by molar-refractivity contribution is 6.09. The van der Waals surface area contributed by atoms with Crippen LogP contribution in [0.1, 0.15) is 76.9 Å². The topological polar surface area (TPSA) is 70.2 Å². The zero-order valence-corrected chi connectivity index (χ0v) is 20.8. The number of hydrogen-bond acceptors (Lipinski definition) is 3. The van der Waals surface area contributed by atoms with Crippen LogP contribution in [0, 0.1) is 17.8 Å². The second-order valence-corrected chi connectivity index (χ2v) is 10.9. The van der Waals surface area contributed by atoms with Crippen LogP contribution >= 0.6 is 0 Å². The molecule has 0 aromatic heterocycles. The molecule has 3 N–H and O–H groups in total. The molecule has 0 spiro atoms. The lowest BCUT2D eigenvalue weighted by Gasteiger charge is -2.43. The SMILES string of the molecule is CC(C)NC(=O)c1ccccc1NC(=O)c1ccc2c(c1)[C@@H]1[C@H]3CC[C@@H](C3)[C@@H]1[C@H](c1ccccc1)N2. The van der Waals surface area contributed by atoms with Crippen molar-refractivity contribution in [2.45, 2.75) is 51.1 Å². The number of carbonyl (C=O) groups is 2. The number of anilines is 2. The molecular weight excluding hydrogens is 446 g/mol. The van der Waals surface area contributed by atoms with E-state index in [1.54, 1.807) is 12.1 Å². The van der Waals surface area contributed by atoms with Gasteiger partial charge in [0.15, 0.2) is 0 Å². The first-order valence-corrected chi connectivity index (χ1v) is 13.2. The van der Waals surface area contributed by atoms with E-state index in [1.807, 2.05) is 32.0 Å². The Morgan fingerprint density at radius 3 is 2.44 bits per heavy atom. The Morgan fingerprint density at radius 1 is 0.889 bits per heavy atom. The molecule has 0 saturated heterocycles. The number of hydrogen-bond donors (Lipinski definition) is 3. The molecule has 0 unspecified atom stereocenters. The van der Waals surface area contributed by atoms with Gasteiger partial charge in [0.1, 0.15) is 0 Å². The van der Waals surface area contributed by atoms with Crippen LogP contribution < -0.4 is 16.0 Å². The van der Waals surface area contributed by atoms with E-state index in [4.69, 9.17) is 0 Å². The van der Waals surface area contributed by atoms with E-state index in [0.29, 0.717) is 40.6 Å². The number of para-hydroxylation sites is 1. The Labute approximate surface area is 212 Å². The van der Waals surface area contributed by atoms with Gasteiger partial charge in [-0.05, 0) is 98.2 Å². The summed E-state index contributed by atoms with van der Waals surface area (Å²) in [6.07, 6.45) is 3.87. The van der Waals surface area contributed by atoms with Crippen LogP contribution in [-0.4, -0.2) is 17.9 Å². The van der Waals surface area contributed by atoms with Gasteiger partial charge < -0.3 is 16.0 Å².